The SMILES string of the molecule is O=C1c2[nH]nc(-c3ccc(Br)cc3)c2[C@@H](c2ccc(Br)cc2)N1c1ccccc1. The summed E-state index contributed by atoms with van der Waals surface area (Å²) in [4.78, 5) is 15.2. The molecule has 1 aliphatic heterocycles. The first-order valence-electron chi connectivity index (χ1n) is 9.12. The van der Waals surface area contributed by atoms with Gasteiger partial charge in [-0.3, -0.25) is 14.8 Å². The Kier molecular flexibility index (Phi) is 4.60. The molecule has 0 saturated carbocycles. The number of benzene rings is 3. The van der Waals surface area contributed by atoms with E-state index < -0.39 is 0 Å². The number of anilines is 1. The normalized spacial score (nSPS) is 15.6. The van der Waals surface area contributed by atoms with Crippen molar-refractivity contribution in [2.75, 3.05) is 4.90 Å². The minimum atomic E-state index is -0.259. The van der Waals surface area contributed by atoms with Gasteiger partial charge in [-0.1, -0.05) is 74.3 Å². The fraction of sp³-hybridized carbons (Fsp3) is 0.0435. The Morgan fingerprint density at radius 3 is 2.10 bits per heavy atom. The molecule has 142 valence electrons. The minimum Gasteiger partial charge on any atom is -0.295 e. The third kappa shape index (κ3) is 3.12. The predicted molar refractivity (Wildman–Crippen MR) is 121 cm³/mol. The van der Waals surface area contributed by atoms with E-state index in [1.165, 1.54) is 0 Å². The first kappa shape index (κ1) is 18.3. The van der Waals surface area contributed by atoms with Crippen molar-refractivity contribution in [3.8, 4) is 11.3 Å². The topological polar surface area (TPSA) is 49.0 Å². The highest BCUT2D eigenvalue weighted by molar-refractivity contribution is 9.10. The Morgan fingerprint density at radius 1 is 0.828 bits per heavy atom. The molecule has 6 heteroatoms. The van der Waals surface area contributed by atoms with Crippen molar-refractivity contribution in [2.24, 2.45) is 0 Å². The maximum atomic E-state index is 13.4. The molecule has 29 heavy (non-hydrogen) atoms. The van der Waals surface area contributed by atoms with E-state index in [2.05, 4.69) is 42.1 Å². The van der Waals surface area contributed by atoms with Gasteiger partial charge in [0, 0.05) is 25.8 Å². The standard InChI is InChI=1S/C23H15Br2N3O/c24-16-10-6-14(7-11-16)20-19-21(27-26-20)23(29)28(18-4-2-1-3-5-18)22(19)15-8-12-17(25)13-9-15/h1-13,22H,(H,26,27)/t22-/m1/s1. The monoisotopic (exact) mass is 507 g/mol. The van der Waals surface area contributed by atoms with Gasteiger partial charge >= 0.3 is 0 Å². The van der Waals surface area contributed by atoms with Crippen LogP contribution in [-0.4, -0.2) is 16.1 Å². The molecule has 3 aromatic carbocycles. The highest BCUT2D eigenvalue weighted by Crippen LogP contribution is 2.45. The fourth-order valence-electron chi connectivity index (χ4n) is 3.79. The highest BCUT2D eigenvalue weighted by Gasteiger charge is 2.42. The van der Waals surface area contributed by atoms with Gasteiger partial charge in [0.1, 0.15) is 5.69 Å². The average Bonchev–Trinajstić information content (AvgIpc) is 3.29. The number of H-pyrrole nitrogens is 1. The van der Waals surface area contributed by atoms with Gasteiger partial charge in [0.15, 0.2) is 0 Å². The van der Waals surface area contributed by atoms with Crippen LogP contribution < -0.4 is 4.90 Å². The maximum absolute atomic E-state index is 13.4. The molecule has 0 bridgehead atoms. The summed E-state index contributed by atoms with van der Waals surface area (Å²) in [5.74, 6) is -0.0741. The molecule has 4 aromatic rings. The molecule has 2 heterocycles. The number of nitrogens with zero attached hydrogens (tertiary/aromatic N) is 2. The zero-order chi connectivity index (χ0) is 20.0. The number of hydrogen-bond donors (Lipinski definition) is 1. The Balaban J connectivity index is 1.72. The van der Waals surface area contributed by atoms with E-state index in [1.54, 1.807) is 0 Å². The fourth-order valence-corrected chi connectivity index (χ4v) is 4.32. The van der Waals surface area contributed by atoms with E-state index in [0.717, 1.165) is 37.0 Å². The van der Waals surface area contributed by atoms with Crippen LogP contribution in [0, 0.1) is 0 Å². The largest absolute Gasteiger partial charge is 0.295 e. The van der Waals surface area contributed by atoms with E-state index in [-0.39, 0.29) is 11.9 Å². The van der Waals surface area contributed by atoms with Gasteiger partial charge in [-0.25, -0.2) is 0 Å². The lowest BCUT2D eigenvalue weighted by Gasteiger charge is -2.26. The molecule has 1 atom stereocenters. The zero-order valence-electron chi connectivity index (χ0n) is 15.1. The second-order valence-electron chi connectivity index (χ2n) is 6.83. The van der Waals surface area contributed by atoms with Crippen LogP contribution in [0.3, 0.4) is 0 Å². The van der Waals surface area contributed by atoms with Crippen LogP contribution in [0.1, 0.15) is 27.7 Å². The summed E-state index contributed by atoms with van der Waals surface area (Å²) in [6.07, 6.45) is 0. The number of para-hydroxylation sites is 1. The number of amides is 1. The molecule has 0 saturated heterocycles. The van der Waals surface area contributed by atoms with Crippen molar-refractivity contribution in [3.63, 3.8) is 0 Å². The molecule has 0 unspecified atom stereocenters. The maximum Gasteiger partial charge on any atom is 0.277 e. The number of fused-ring (bicyclic) bond motifs is 1. The van der Waals surface area contributed by atoms with E-state index in [9.17, 15) is 4.79 Å². The summed E-state index contributed by atoms with van der Waals surface area (Å²) >= 11 is 6.99. The number of aromatic amines is 1. The van der Waals surface area contributed by atoms with Gasteiger partial charge in [-0.15, -0.1) is 0 Å². The van der Waals surface area contributed by atoms with Gasteiger partial charge in [0.2, 0.25) is 0 Å². The molecular formula is C23H15Br2N3O. The molecule has 0 spiro atoms. The Labute approximate surface area is 184 Å². The first-order chi connectivity index (χ1) is 14.1. The lowest BCUT2D eigenvalue weighted by molar-refractivity contribution is 0.0989. The van der Waals surface area contributed by atoms with Crippen molar-refractivity contribution >= 4 is 43.5 Å². The Bertz CT molecular complexity index is 1190. The molecule has 4 nitrogen and oxygen atoms in total. The Morgan fingerprint density at radius 2 is 1.45 bits per heavy atom. The van der Waals surface area contributed by atoms with Gasteiger partial charge in [0.25, 0.3) is 5.91 Å². The first-order valence-corrected chi connectivity index (χ1v) is 10.7. The second kappa shape index (κ2) is 7.28. The lowest BCUT2D eigenvalue weighted by Crippen LogP contribution is -2.29. The minimum absolute atomic E-state index is 0.0741. The van der Waals surface area contributed by atoms with E-state index in [1.807, 2.05) is 83.8 Å². The van der Waals surface area contributed by atoms with Crippen molar-refractivity contribution in [1.29, 1.82) is 0 Å². The van der Waals surface area contributed by atoms with Gasteiger partial charge in [-0.05, 0) is 42.0 Å². The van der Waals surface area contributed by atoms with Crippen LogP contribution in [0.25, 0.3) is 11.3 Å². The smallest absolute Gasteiger partial charge is 0.277 e. The van der Waals surface area contributed by atoms with Crippen LogP contribution in [0.4, 0.5) is 5.69 Å². The number of aromatic nitrogens is 2. The summed E-state index contributed by atoms with van der Waals surface area (Å²) < 4.78 is 2.00. The predicted octanol–water partition coefficient (Wildman–Crippen LogP) is 6.35. The van der Waals surface area contributed by atoms with E-state index in [0.29, 0.717) is 5.69 Å². The molecule has 0 aliphatic carbocycles. The van der Waals surface area contributed by atoms with Crippen LogP contribution in [-0.2, 0) is 0 Å². The van der Waals surface area contributed by atoms with Crippen LogP contribution in [0.15, 0.2) is 87.8 Å². The zero-order valence-corrected chi connectivity index (χ0v) is 18.3. The molecule has 5 rings (SSSR count). The molecule has 0 fully saturated rings. The number of hydrogen-bond acceptors (Lipinski definition) is 2. The van der Waals surface area contributed by atoms with Gasteiger partial charge in [0.05, 0.1) is 11.7 Å². The molecule has 1 aromatic heterocycles. The molecule has 0 radical (unpaired) electrons. The molecular weight excluding hydrogens is 494 g/mol. The Hall–Kier alpha value is -2.70. The molecule has 1 amide bonds. The van der Waals surface area contributed by atoms with Gasteiger partial charge < -0.3 is 0 Å². The van der Waals surface area contributed by atoms with Crippen molar-refractivity contribution < 1.29 is 4.79 Å². The number of halogens is 2. The third-order valence-electron chi connectivity index (χ3n) is 5.11. The van der Waals surface area contributed by atoms with Crippen LogP contribution in [0.2, 0.25) is 0 Å². The summed E-state index contributed by atoms with van der Waals surface area (Å²) in [6, 6.07) is 25.6. The number of rotatable bonds is 3. The number of carbonyl (C=O) groups excluding carboxylic acids is 1. The van der Waals surface area contributed by atoms with Crippen molar-refractivity contribution in [2.45, 2.75) is 6.04 Å². The quantitative estimate of drug-likeness (QED) is 0.350. The number of carbonyl (C=O) groups is 1. The summed E-state index contributed by atoms with van der Waals surface area (Å²) in [5.41, 5.74) is 5.10. The summed E-state index contributed by atoms with van der Waals surface area (Å²) in [6.45, 7) is 0. The second-order valence-corrected chi connectivity index (χ2v) is 8.66. The lowest BCUT2D eigenvalue weighted by atomic mass is 9.96. The van der Waals surface area contributed by atoms with E-state index >= 15 is 0 Å². The molecule has 1 N–H and O–H groups in total. The summed E-state index contributed by atoms with van der Waals surface area (Å²) in [5, 5.41) is 7.51. The van der Waals surface area contributed by atoms with Crippen molar-refractivity contribution in [1.82, 2.24) is 10.2 Å². The third-order valence-corrected chi connectivity index (χ3v) is 6.16. The molecule has 1 aliphatic rings. The van der Waals surface area contributed by atoms with Crippen LogP contribution >= 0.6 is 31.9 Å². The van der Waals surface area contributed by atoms with Crippen LogP contribution in [0.5, 0.6) is 0 Å². The average molecular weight is 509 g/mol. The summed E-state index contributed by atoms with van der Waals surface area (Å²) in [7, 11) is 0. The van der Waals surface area contributed by atoms with Crippen molar-refractivity contribution in [3.05, 3.63) is 105 Å². The van der Waals surface area contributed by atoms with Gasteiger partial charge in [-0.2, -0.15) is 5.10 Å². The van der Waals surface area contributed by atoms with E-state index in [4.69, 9.17) is 0 Å². The highest BCUT2D eigenvalue weighted by atomic mass is 79.9. The number of nitrogens with one attached hydrogen (secondary N) is 1.